The Morgan fingerprint density at radius 2 is 1.81 bits per heavy atom. The Balaban J connectivity index is 1.51. The average molecular weight is 445 g/mol. The zero-order chi connectivity index (χ0) is 22.9. The maximum atomic E-state index is 13.2. The highest BCUT2D eigenvalue weighted by Crippen LogP contribution is 2.24. The SMILES string of the molecule is CN=C(NCC(OC)c1ccc(F)cc1)NC1CCN(Cc2cc(OC)cc(OC)c2)C1. The molecule has 3 rings (SSSR count). The first kappa shape index (κ1) is 23.8. The maximum Gasteiger partial charge on any atom is 0.191 e. The molecule has 1 saturated heterocycles. The lowest BCUT2D eigenvalue weighted by atomic mass is 10.1. The highest BCUT2D eigenvalue weighted by atomic mass is 19.1. The minimum Gasteiger partial charge on any atom is -0.497 e. The summed E-state index contributed by atoms with van der Waals surface area (Å²) in [6.45, 7) is 3.26. The van der Waals surface area contributed by atoms with Crippen LogP contribution >= 0.6 is 0 Å². The fourth-order valence-electron chi connectivity index (χ4n) is 3.90. The Morgan fingerprint density at radius 1 is 1.12 bits per heavy atom. The Kier molecular flexibility index (Phi) is 8.70. The van der Waals surface area contributed by atoms with E-state index >= 15 is 0 Å². The van der Waals surface area contributed by atoms with Crippen LogP contribution < -0.4 is 20.1 Å². The lowest BCUT2D eigenvalue weighted by Crippen LogP contribution is -2.45. The molecular formula is C24H33FN4O3. The highest BCUT2D eigenvalue weighted by molar-refractivity contribution is 5.80. The van der Waals surface area contributed by atoms with E-state index in [2.05, 4.69) is 20.5 Å². The van der Waals surface area contributed by atoms with E-state index in [1.807, 2.05) is 18.2 Å². The first-order chi connectivity index (χ1) is 15.5. The molecule has 1 aliphatic rings. The second-order valence-electron chi connectivity index (χ2n) is 7.81. The van der Waals surface area contributed by atoms with Crippen molar-refractivity contribution in [1.82, 2.24) is 15.5 Å². The smallest absolute Gasteiger partial charge is 0.191 e. The number of hydrogen-bond acceptors (Lipinski definition) is 5. The van der Waals surface area contributed by atoms with Gasteiger partial charge in [0.15, 0.2) is 5.96 Å². The first-order valence-electron chi connectivity index (χ1n) is 10.7. The lowest BCUT2D eigenvalue weighted by Gasteiger charge is -2.21. The second-order valence-corrected chi connectivity index (χ2v) is 7.81. The van der Waals surface area contributed by atoms with E-state index in [-0.39, 0.29) is 11.9 Å². The number of guanidine groups is 1. The van der Waals surface area contributed by atoms with Crippen LogP contribution in [0.4, 0.5) is 4.39 Å². The fraction of sp³-hybridized carbons (Fsp3) is 0.458. The summed E-state index contributed by atoms with van der Waals surface area (Å²) in [6, 6.07) is 12.6. The zero-order valence-electron chi connectivity index (χ0n) is 19.2. The summed E-state index contributed by atoms with van der Waals surface area (Å²) in [7, 11) is 6.73. The molecule has 32 heavy (non-hydrogen) atoms. The van der Waals surface area contributed by atoms with Crippen LogP contribution in [0.25, 0.3) is 0 Å². The molecule has 7 nitrogen and oxygen atoms in total. The maximum absolute atomic E-state index is 13.2. The van der Waals surface area contributed by atoms with Crippen molar-refractivity contribution in [2.24, 2.45) is 4.99 Å². The summed E-state index contributed by atoms with van der Waals surface area (Å²) in [5.41, 5.74) is 2.07. The van der Waals surface area contributed by atoms with Gasteiger partial charge in [0, 0.05) is 52.4 Å². The molecule has 1 aliphatic heterocycles. The molecule has 0 amide bonds. The molecule has 0 radical (unpaired) electrons. The van der Waals surface area contributed by atoms with Gasteiger partial charge >= 0.3 is 0 Å². The summed E-state index contributed by atoms with van der Waals surface area (Å²) < 4.78 is 29.5. The quantitative estimate of drug-likeness (QED) is 0.458. The Hall–Kier alpha value is -2.84. The molecule has 2 aromatic carbocycles. The van der Waals surface area contributed by atoms with Crippen molar-refractivity contribution >= 4 is 5.96 Å². The van der Waals surface area contributed by atoms with Gasteiger partial charge < -0.3 is 24.8 Å². The van der Waals surface area contributed by atoms with Crippen LogP contribution in [0.5, 0.6) is 11.5 Å². The molecule has 0 saturated carbocycles. The number of nitrogens with one attached hydrogen (secondary N) is 2. The number of aliphatic imine (C=N–C) groups is 1. The number of halogens is 1. The van der Waals surface area contributed by atoms with Gasteiger partial charge in [-0.15, -0.1) is 0 Å². The molecule has 2 atom stereocenters. The van der Waals surface area contributed by atoms with Crippen molar-refractivity contribution in [3.8, 4) is 11.5 Å². The number of methoxy groups -OCH3 is 3. The van der Waals surface area contributed by atoms with Crippen molar-refractivity contribution in [3.05, 3.63) is 59.4 Å². The van der Waals surface area contributed by atoms with Gasteiger partial charge in [-0.25, -0.2) is 4.39 Å². The van der Waals surface area contributed by atoms with Gasteiger partial charge in [-0.2, -0.15) is 0 Å². The normalized spacial score (nSPS) is 17.8. The van der Waals surface area contributed by atoms with Gasteiger partial charge in [-0.1, -0.05) is 12.1 Å². The van der Waals surface area contributed by atoms with Crippen molar-refractivity contribution in [2.45, 2.75) is 25.1 Å². The molecule has 2 unspecified atom stereocenters. The monoisotopic (exact) mass is 444 g/mol. The van der Waals surface area contributed by atoms with E-state index in [4.69, 9.17) is 14.2 Å². The standard InChI is InChI=1S/C24H33FN4O3/c1-26-24(27-14-23(32-4)18-5-7-19(25)8-6-18)28-20-9-10-29(16-20)15-17-11-21(30-2)13-22(12-17)31-3/h5-8,11-13,20,23H,9-10,14-16H2,1-4H3,(H2,26,27,28). The third-order valence-corrected chi connectivity index (χ3v) is 5.64. The van der Waals surface area contributed by atoms with E-state index in [0.29, 0.717) is 12.6 Å². The lowest BCUT2D eigenvalue weighted by molar-refractivity contribution is 0.106. The predicted octanol–water partition coefficient (Wildman–Crippen LogP) is 2.97. The predicted molar refractivity (Wildman–Crippen MR) is 124 cm³/mol. The van der Waals surface area contributed by atoms with Crippen LogP contribution in [0.1, 0.15) is 23.7 Å². The van der Waals surface area contributed by atoms with Gasteiger partial charge in [0.2, 0.25) is 0 Å². The van der Waals surface area contributed by atoms with E-state index < -0.39 is 0 Å². The molecule has 2 N–H and O–H groups in total. The highest BCUT2D eigenvalue weighted by Gasteiger charge is 2.24. The second kappa shape index (κ2) is 11.7. The third kappa shape index (κ3) is 6.58. The van der Waals surface area contributed by atoms with Crippen LogP contribution in [0.15, 0.2) is 47.5 Å². The largest absolute Gasteiger partial charge is 0.497 e. The molecule has 2 aromatic rings. The Bertz CT molecular complexity index is 869. The molecule has 0 spiro atoms. The summed E-state index contributed by atoms with van der Waals surface area (Å²) >= 11 is 0. The van der Waals surface area contributed by atoms with Crippen LogP contribution in [0.3, 0.4) is 0 Å². The molecular weight excluding hydrogens is 411 g/mol. The number of nitrogens with zero attached hydrogens (tertiary/aromatic N) is 2. The van der Waals surface area contributed by atoms with Crippen LogP contribution in [0.2, 0.25) is 0 Å². The molecule has 1 heterocycles. The third-order valence-electron chi connectivity index (χ3n) is 5.64. The van der Waals surface area contributed by atoms with Gasteiger partial charge in [0.05, 0.1) is 20.3 Å². The van der Waals surface area contributed by atoms with Crippen LogP contribution in [-0.4, -0.2) is 64.9 Å². The van der Waals surface area contributed by atoms with E-state index in [0.717, 1.165) is 54.6 Å². The van der Waals surface area contributed by atoms with E-state index in [9.17, 15) is 4.39 Å². The average Bonchev–Trinajstić information content (AvgIpc) is 3.25. The fourth-order valence-corrected chi connectivity index (χ4v) is 3.90. The molecule has 0 bridgehead atoms. The van der Waals surface area contributed by atoms with Crippen molar-refractivity contribution < 1.29 is 18.6 Å². The van der Waals surface area contributed by atoms with E-state index in [1.54, 1.807) is 40.5 Å². The molecule has 8 heteroatoms. The number of benzene rings is 2. The number of ether oxygens (including phenoxy) is 3. The molecule has 1 fully saturated rings. The molecule has 174 valence electrons. The summed E-state index contributed by atoms with van der Waals surface area (Å²) in [5, 5.41) is 6.82. The van der Waals surface area contributed by atoms with Gasteiger partial charge in [0.25, 0.3) is 0 Å². The minimum absolute atomic E-state index is 0.197. The molecule has 0 aliphatic carbocycles. The van der Waals surface area contributed by atoms with Crippen molar-refractivity contribution in [2.75, 3.05) is 48.0 Å². The summed E-state index contributed by atoms with van der Waals surface area (Å²) in [4.78, 5) is 6.75. The first-order valence-corrected chi connectivity index (χ1v) is 10.7. The Labute approximate surface area is 189 Å². The van der Waals surface area contributed by atoms with Crippen LogP contribution in [-0.2, 0) is 11.3 Å². The van der Waals surface area contributed by atoms with Crippen molar-refractivity contribution in [1.29, 1.82) is 0 Å². The number of rotatable bonds is 9. The summed E-state index contributed by atoms with van der Waals surface area (Å²) in [5.74, 6) is 2.06. The van der Waals surface area contributed by atoms with Gasteiger partial charge in [-0.3, -0.25) is 9.89 Å². The van der Waals surface area contributed by atoms with Crippen molar-refractivity contribution in [3.63, 3.8) is 0 Å². The number of hydrogen-bond donors (Lipinski definition) is 2. The zero-order valence-corrected chi connectivity index (χ0v) is 19.2. The Morgan fingerprint density at radius 3 is 2.41 bits per heavy atom. The van der Waals surface area contributed by atoms with Gasteiger partial charge in [0.1, 0.15) is 17.3 Å². The number of likely N-dealkylation sites (tertiary alicyclic amines) is 1. The molecule has 0 aromatic heterocycles. The topological polar surface area (TPSA) is 67.4 Å². The van der Waals surface area contributed by atoms with E-state index in [1.165, 1.54) is 12.1 Å². The van der Waals surface area contributed by atoms with Crippen LogP contribution in [0, 0.1) is 5.82 Å². The van der Waals surface area contributed by atoms with Gasteiger partial charge in [-0.05, 0) is 41.8 Å². The minimum atomic E-state index is -0.257. The summed E-state index contributed by atoms with van der Waals surface area (Å²) in [6.07, 6.45) is 0.824.